The summed E-state index contributed by atoms with van der Waals surface area (Å²) in [5.74, 6) is -0.741. The first-order valence-corrected chi connectivity index (χ1v) is 15.5. The summed E-state index contributed by atoms with van der Waals surface area (Å²) in [4.78, 5) is 29.1. The number of rotatable bonds is 12. The fourth-order valence-corrected chi connectivity index (χ4v) is 5.79. The molecule has 0 aliphatic carbocycles. The van der Waals surface area contributed by atoms with Gasteiger partial charge in [-0.25, -0.2) is 8.42 Å². The lowest BCUT2D eigenvalue weighted by atomic mass is 10.0. The van der Waals surface area contributed by atoms with E-state index in [-0.39, 0.29) is 12.5 Å². The van der Waals surface area contributed by atoms with E-state index in [9.17, 15) is 18.0 Å². The van der Waals surface area contributed by atoms with Crippen molar-refractivity contribution in [3.8, 4) is 0 Å². The van der Waals surface area contributed by atoms with Crippen molar-refractivity contribution in [2.45, 2.75) is 46.2 Å². The summed E-state index contributed by atoms with van der Waals surface area (Å²) < 4.78 is 27.8. The molecular formula is C30H36BrN3O4S. The van der Waals surface area contributed by atoms with Crippen LogP contribution in [0.2, 0.25) is 0 Å². The van der Waals surface area contributed by atoms with Gasteiger partial charge in [-0.05, 0) is 55.2 Å². The standard InChI is InChI=1S/C30H36BrN3O4S/c1-5-16-32-30(36)28(19-24-10-7-6-8-11-24)33(20-25-12-9-13-26(31)18-25)29(35)21-34(39(4,37)38)27-15-14-22(2)17-23(27)3/h6-15,17-18,28H,5,16,19-21H2,1-4H3,(H,32,36)/t28-/m0/s1. The summed E-state index contributed by atoms with van der Waals surface area (Å²) in [6, 6.07) is 21.6. The van der Waals surface area contributed by atoms with Gasteiger partial charge in [0.2, 0.25) is 21.8 Å². The van der Waals surface area contributed by atoms with Crippen LogP contribution in [0.1, 0.15) is 35.6 Å². The van der Waals surface area contributed by atoms with Gasteiger partial charge in [0.05, 0.1) is 11.9 Å². The molecule has 3 aromatic rings. The molecule has 0 saturated carbocycles. The van der Waals surface area contributed by atoms with E-state index in [0.717, 1.165) is 43.7 Å². The number of hydrogen-bond acceptors (Lipinski definition) is 4. The molecule has 0 saturated heterocycles. The zero-order valence-corrected chi connectivity index (χ0v) is 25.3. The van der Waals surface area contributed by atoms with Gasteiger partial charge in [0, 0.05) is 24.0 Å². The second-order valence-electron chi connectivity index (χ2n) is 9.71. The maximum absolute atomic E-state index is 14.1. The van der Waals surface area contributed by atoms with Gasteiger partial charge in [-0.3, -0.25) is 13.9 Å². The van der Waals surface area contributed by atoms with E-state index in [4.69, 9.17) is 0 Å². The number of sulfonamides is 1. The molecule has 0 bridgehead atoms. The van der Waals surface area contributed by atoms with Crippen LogP contribution in [-0.4, -0.2) is 50.5 Å². The Morgan fingerprint density at radius 3 is 2.26 bits per heavy atom. The second-order valence-corrected chi connectivity index (χ2v) is 12.5. The van der Waals surface area contributed by atoms with Gasteiger partial charge in [0.25, 0.3) is 0 Å². The lowest BCUT2D eigenvalue weighted by molar-refractivity contribution is -0.140. The summed E-state index contributed by atoms with van der Waals surface area (Å²) in [5, 5.41) is 2.94. The van der Waals surface area contributed by atoms with Crippen molar-refractivity contribution in [2.24, 2.45) is 0 Å². The molecule has 0 aliphatic rings. The van der Waals surface area contributed by atoms with Crippen molar-refractivity contribution in [1.29, 1.82) is 0 Å². The molecule has 0 aliphatic heterocycles. The lowest BCUT2D eigenvalue weighted by Crippen LogP contribution is -2.53. The number of nitrogens with one attached hydrogen (secondary N) is 1. The minimum atomic E-state index is -3.80. The van der Waals surface area contributed by atoms with Crippen LogP contribution < -0.4 is 9.62 Å². The van der Waals surface area contributed by atoms with Crippen molar-refractivity contribution in [2.75, 3.05) is 23.7 Å². The Kier molecular flexibility index (Phi) is 10.7. The Morgan fingerprint density at radius 2 is 1.64 bits per heavy atom. The molecule has 1 N–H and O–H groups in total. The number of carbonyl (C=O) groups excluding carboxylic acids is 2. The topological polar surface area (TPSA) is 86.8 Å². The van der Waals surface area contributed by atoms with Crippen molar-refractivity contribution in [1.82, 2.24) is 10.2 Å². The molecule has 208 valence electrons. The van der Waals surface area contributed by atoms with E-state index in [1.807, 2.05) is 87.5 Å². The third kappa shape index (κ3) is 8.66. The van der Waals surface area contributed by atoms with Gasteiger partial charge >= 0.3 is 0 Å². The maximum Gasteiger partial charge on any atom is 0.244 e. The molecule has 9 heteroatoms. The molecule has 3 rings (SSSR count). The zero-order chi connectivity index (χ0) is 28.6. The number of anilines is 1. The van der Waals surface area contributed by atoms with Crippen LogP contribution >= 0.6 is 15.9 Å². The Balaban J connectivity index is 2.06. The van der Waals surface area contributed by atoms with Gasteiger partial charge < -0.3 is 10.2 Å². The summed E-state index contributed by atoms with van der Waals surface area (Å²) >= 11 is 3.48. The number of nitrogens with zero attached hydrogens (tertiary/aromatic N) is 2. The van der Waals surface area contributed by atoms with E-state index < -0.39 is 28.5 Å². The van der Waals surface area contributed by atoms with Gasteiger partial charge in [-0.2, -0.15) is 0 Å². The smallest absolute Gasteiger partial charge is 0.244 e. The molecule has 0 fully saturated rings. The average Bonchev–Trinajstić information content (AvgIpc) is 2.88. The number of hydrogen-bond donors (Lipinski definition) is 1. The number of halogens is 1. The number of amides is 2. The predicted molar refractivity (Wildman–Crippen MR) is 160 cm³/mol. The molecule has 0 radical (unpaired) electrons. The van der Waals surface area contributed by atoms with Crippen LogP contribution in [0.25, 0.3) is 0 Å². The van der Waals surface area contributed by atoms with Gasteiger partial charge in [0.1, 0.15) is 12.6 Å². The van der Waals surface area contributed by atoms with E-state index in [0.29, 0.717) is 18.7 Å². The summed E-state index contributed by atoms with van der Waals surface area (Å²) in [6.07, 6.45) is 2.13. The Labute approximate surface area is 240 Å². The van der Waals surface area contributed by atoms with Gasteiger partial charge in [0.15, 0.2) is 0 Å². The van der Waals surface area contributed by atoms with Gasteiger partial charge in [-0.15, -0.1) is 0 Å². The zero-order valence-electron chi connectivity index (χ0n) is 22.9. The number of aryl methyl sites for hydroxylation is 2. The van der Waals surface area contributed by atoms with Crippen molar-refractivity contribution >= 4 is 43.5 Å². The Hall–Kier alpha value is -3.17. The maximum atomic E-state index is 14.1. The normalized spacial score (nSPS) is 12.0. The van der Waals surface area contributed by atoms with Crippen LogP contribution in [0.5, 0.6) is 0 Å². The first-order valence-electron chi connectivity index (χ1n) is 12.9. The molecule has 0 unspecified atom stereocenters. The van der Waals surface area contributed by atoms with Gasteiger partial charge in [-0.1, -0.05) is 83.0 Å². The van der Waals surface area contributed by atoms with Crippen LogP contribution in [-0.2, 0) is 32.6 Å². The quantitative estimate of drug-likeness (QED) is 0.311. The minimum absolute atomic E-state index is 0.139. The Bertz CT molecular complexity index is 1400. The van der Waals surface area contributed by atoms with Crippen molar-refractivity contribution in [3.05, 3.63) is 99.5 Å². The largest absolute Gasteiger partial charge is 0.354 e. The monoisotopic (exact) mass is 613 g/mol. The van der Waals surface area contributed by atoms with E-state index in [1.165, 1.54) is 4.90 Å². The van der Waals surface area contributed by atoms with E-state index >= 15 is 0 Å². The number of carbonyl (C=O) groups is 2. The van der Waals surface area contributed by atoms with Crippen molar-refractivity contribution in [3.63, 3.8) is 0 Å². The molecule has 0 spiro atoms. The highest BCUT2D eigenvalue weighted by atomic mass is 79.9. The third-order valence-electron chi connectivity index (χ3n) is 6.36. The summed E-state index contributed by atoms with van der Waals surface area (Å²) in [7, 11) is -3.80. The highest BCUT2D eigenvalue weighted by Crippen LogP contribution is 2.25. The first kappa shape index (κ1) is 30.4. The number of benzene rings is 3. The predicted octanol–water partition coefficient (Wildman–Crippen LogP) is 5.00. The van der Waals surface area contributed by atoms with Crippen LogP contribution in [0, 0.1) is 13.8 Å². The van der Waals surface area contributed by atoms with E-state index in [1.54, 1.807) is 6.07 Å². The second kappa shape index (κ2) is 13.8. The highest BCUT2D eigenvalue weighted by molar-refractivity contribution is 9.10. The highest BCUT2D eigenvalue weighted by Gasteiger charge is 2.33. The molecule has 39 heavy (non-hydrogen) atoms. The molecular weight excluding hydrogens is 578 g/mol. The minimum Gasteiger partial charge on any atom is -0.354 e. The fourth-order valence-electron chi connectivity index (χ4n) is 4.43. The lowest BCUT2D eigenvalue weighted by Gasteiger charge is -2.34. The van der Waals surface area contributed by atoms with Crippen LogP contribution in [0.3, 0.4) is 0 Å². The van der Waals surface area contributed by atoms with E-state index in [2.05, 4.69) is 21.2 Å². The Morgan fingerprint density at radius 1 is 0.949 bits per heavy atom. The van der Waals surface area contributed by atoms with Crippen LogP contribution in [0.4, 0.5) is 5.69 Å². The average molecular weight is 615 g/mol. The third-order valence-corrected chi connectivity index (χ3v) is 7.98. The summed E-state index contributed by atoms with van der Waals surface area (Å²) in [5.41, 5.74) is 3.89. The summed E-state index contributed by atoms with van der Waals surface area (Å²) in [6.45, 7) is 5.89. The molecule has 0 heterocycles. The SMILES string of the molecule is CCCNC(=O)[C@H](Cc1ccccc1)N(Cc1cccc(Br)c1)C(=O)CN(c1ccc(C)cc1C)S(C)(=O)=O. The van der Waals surface area contributed by atoms with Crippen LogP contribution in [0.15, 0.2) is 77.3 Å². The first-order chi connectivity index (χ1) is 18.5. The molecule has 2 amide bonds. The molecule has 3 aromatic carbocycles. The van der Waals surface area contributed by atoms with Crippen molar-refractivity contribution < 1.29 is 18.0 Å². The molecule has 1 atom stereocenters. The fraction of sp³-hybridized carbons (Fsp3) is 0.333. The molecule has 7 nitrogen and oxygen atoms in total. The molecule has 0 aromatic heterocycles.